The molecule has 0 radical (unpaired) electrons. The van der Waals surface area contributed by atoms with E-state index in [4.69, 9.17) is 4.74 Å². The summed E-state index contributed by atoms with van der Waals surface area (Å²) in [4.78, 5) is 23.0. The van der Waals surface area contributed by atoms with Crippen molar-refractivity contribution >= 4 is 16.7 Å². The van der Waals surface area contributed by atoms with Crippen molar-refractivity contribution in [2.75, 3.05) is 0 Å². The molecule has 0 atom stereocenters. The van der Waals surface area contributed by atoms with E-state index in [2.05, 4.69) is 10.2 Å². The van der Waals surface area contributed by atoms with Crippen molar-refractivity contribution in [3.63, 3.8) is 0 Å². The van der Waals surface area contributed by atoms with E-state index in [1.165, 1.54) is 0 Å². The third-order valence-electron chi connectivity index (χ3n) is 2.97. The second-order valence-corrected chi connectivity index (χ2v) is 4.52. The van der Waals surface area contributed by atoms with Gasteiger partial charge in [-0.1, -0.05) is 18.6 Å². The summed E-state index contributed by atoms with van der Waals surface area (Å²) in [5.41, 5.74) is 2.28. The minimum atomic E-state index is -0.287. The SMILES string of the molecule is CCC(=O)OCc1n[nH]c(=O)c2c(C)cc(C)cc12. The van der Waals surface area contributed by atoms with Crippen molar-refractivity contribution in [1.29, 1.82) is 0 Å². The highest BCUT2D eigenvalue weighted by Crippen LogP contribution is 2.19. The fourth-order valence-corrected chi connectivity index (χ4v) is 2.09. The molecule has 0 saturated carbocycles. The smallest absolute Gasteiger partial charge is 0.305 e. The van der Waals surface area contributed by atoms with Gasteiger partial charge in [-0.2, -0.15) is 5.10 Å². The van der Waals surface area contributed by atoms with E-state index in [9.17, 15) is 9.59 Å². The minimum Gasteiger partial charge on any atom is -0.459 e. The topological polar surface area (TPSA) is 72.0 Å². The van der Waals surface area contributed by atoms with Crippen LogP contribution in [0.5, 0.6) is 0 Å². The number of carbonyl (C=O) groups excluding carboxylic acids is 1. The number of carbonyl (C=O) groups is 1. The van der Waals surface area contributed by atoms with Crippen LogP contribution in [-0.2, 0) is 16.1 Å². The molecule has 0 aliphatic carbocycles. The number of hydrogen-bond donors (Lipinski definition) is 1. The number of esters is 1. The molecule has 0 aliphatic heterocycles. The molecule has 0 spiro atoms. The Balaban J connectivity index is 2.53. The minimum absolute atomic E-state index is 0.0723. The number of ether oxygens (including phenoxy) is 1. The summed E-state index contributed by atoms with van der Waals surface area (Å²) >= 11 is 0. The number of rotatable bonds is 3. The number of nitrogens with one attached hydrogen (secondary N) is 1. The van der Waals surface area contributed by atoms with Gasteiger partial charge in [-0.3, -0.25) is 9.59 Å². The molecule has 0 fully saturated rings. The Morgan fingerprint density at radius 3 is 2.79 bits per heavy atom. The molecule has 2 aromatic rings. The molecule has 1 aromatic carbocycles. The van der Waals surface area contributed by atoms with Gasteiger partial charge in [0.15, 0.2) is 0 Å². The molecular formula is C14H16N2O3. The third kappa shape index (κ3) is 2.65. The van der Waals surface area contributed by atoms with Crippen LogP contribution in [0.2, 0.25) is 0 Å². The second kappa shape index (κ2) is 5.22. The van der Waals surface area contributed by atoms with E-state index in [-0.39, 0.29) is 18.1 Å². The Hall–Kier alpha value is -2.17. The van der Waals surface area contributed by atoms with Crippen LogP contribution in [0, 0.1) is 13.8 Å². The molecule has 0 amide bonds. The van der Waals surface area contributed by atoms with Crippen LogP contribution >= 0.6 is 0 Å². The lowest BCUT2D eigenvalue weighted by Crippen LogP contribution is -2.14. The van der Waals surface area contributed by atoms with Gasteiger partial charge < -0.3 is 4.74 Å². The largest absolute Gasteiger partial charge is 0.459 e. The molecule has 2 rings (SSSR count). The van der Waals surface area contributed by atoms with Crippen molar-refractivity contribution in [3.05, 3.63) is 39.3 Å². The fourth-order valence-electron chi connectivity index (χ4n) is 2.09. The molecule has 0 aliphatic rings. The number of fused-ring (bicyclic) bond motifs is 1. The lowest BCUT2D eigenvalue weighted by molar-refractivity contribution is -0.144. The first kappa shape index (κ1) is 13.3. The summed E-state index contributed by atoms with van der Waals surface area (Å²) in [6.07, 6.45) is 0.319. The van der Waals surface area contributed by atoms with Gasteiger partial charge in [-0.05, 0) is 25.5 Å². The van der Waals surface area contributed by atoms with Crippen LogP contribution in [0.3, 0.4) is 0 Å². The summed E-state index contributed by atoms with van der Waals surface area (Å²) in [6, 6.07) is 3.83. The highest BCUT2D eigenvalue weighted by Gasteiger charge is 2.11. The van der Waals surface area contributed by atoms with Crippen LogP contribution in [-0.4, -0.2) is 16.2 Å². The van der Waals surface area contributed by atoms with Crippen molar-refractivity contribution in [1.82, 2.24) is 10.2 Å². The predicted octanol–water partition coefficient (Wildman–Crippen LogP) is 1.99. The van der Waals surface area contributed by atoms with Crippen molar-refractivity contribution in [2.45, 2.75) is 33.8 Å². The monoisotopic (exact) mass is 260 g/mol. The van der Waals surface area contributed by atoms with E-state index in [0.717, 1.165) is 16.5 Å². The second-order valence-electron chi connectivity index (χ2n) is 4.52. The number of aryl methyl sites for hydroxylation is 2. The Kier molecular flexibility index (Phi) is 3.64. The summed E-state index contributed by atoms with van der Waals surface area (Å²) in [5.74, 6) is -0.287. The number of aromatic nitrogens is 2. The Morgan fingerprint density at radius 2 is 2.11 bits per heavy atom. The molecule has 1 N–H and O–H groups in total. The summed E-state index contributed by atoms with van der Waals surface area (Å²) in [6.45, 7) is 5.64. The fraction of sp³-hybridized carbons (Fsp3) is 0.357. The van der Waals surface area contributed by atoms with Gasteiger partial charge in [0, 0.05) is 11.8 Å². The first-order valence-electron chi connectivity index (χ1n) is 6.17. The van der Waals surface area contributed by atoms with Gasteiger partial charge in [0.2, 0.25) is 0 Å². The van der Waals surface area contributed by atoms with E-state index in [1.54, 1.807) is 6.92 Å². The number of aromatic amines is 1. The molecule has 0 bridgehead atoms. The predicted molar refractivity (Wildman–Crippen MR) is 71.9 cm³/mol. The van der Waals surface area contributed by atoms with Gasteiger partial charge >= 0.3 is 5.97 Å². The molecule has 0 unspecified atom stereocenters. The highest BCUT2D eigenvalue weighted by atomic mass is 16.5. The Labute approximate surface area is 110 Å². The lowest BCUT2D eigenvalue weighted by atomic mass is 10.0. The van der Waals surface area contributed by atoms with E-state index in [0.29, 0.717) is 17.5 Å². The van der Waals surface area contributed by atoms with Gasteiger partial charge in [0.05, 0.1) is 5.39 Å². The number of nitrogens with zero attached hydrogens (tertiary/aromatic N) is 1. The molecule has 1 aromatic heterocycles. The van der Waals surface area contributed by atoms with Gasteiger partial charge in [-0.25, -0.2) is 5.10 Å². The van der Waals surface area contributed by atoms with E-state index >= 15 is 0 Å². The molecule has 5 heteroatoms. The number of hydrogen-bond acceptors (Lipinski definition) is 4. The number of H-pyrrole nitrogens is 1. The lowest BCUT2D eigenvalue weighted by Gasteiger charge is -2.08. The van der Waals surface area contributed by atoms with Crippen LogP contribution in [0.4, 0.5) is 0 Å². The summed E-state index contributed by atoms with van der Waals surface area (Å²) in [5, 5.41) is 7.77. The van der Waals surface area contributed by atoms with Crippen LogP contribution in [0.1, 0.15) is 30.2 Å². The van der Waals surface area contributed by atoms with E-state index in [1.807, 2.05) is 26.0 Å². The quantitative estimate of drug-likeness (QED) is 0.857. The first-order chi connectivity index (χ1) is 9.02. The molecule has 100 valence electrons. The number of benzene rings is 1. The third-order valence-corrected chi connectivity index (χ3v) is 2.97. The zero-order chi connectivity index (χ0) is 14.0. The molecule has 0 saturated heterocycles. The van der Waals surface area contributed by atoms with Crippen molar-refractivity contribution in [3.8, 4) is 0 Å². The van der Waals surface area contributed by atoms with Gasteiger partial charge in [0.1, 0.15) is 12.3 Å². The van der Waals surface area contributed by atoms with Crippen molar-refractivity contribution in [2.24, 2.45) is 0 Å². The van der Waals surface area contributed by atoms with Crippen molar-refractivity contribution < 1.29 is 9.53 Å². The molecule has 5 nitrogen and oxygen atoms in total. The maximum Gasteiger partial charge on any atom is 0.305 e. The van der Waals surface area contributed by atoms with Gasteiger partial charge in [0.25, 0.3) is 5.56 Å². The maximum atomic E-state index is 11.8. The maximum absolute atomic E-state index is 11.8. The van der Waals surface area contributed by atoms with Gasteiger partial charge in [-0.15, -0.1) is 0 Å². The van der Waals surface area contributed by atoms with Crippen LogP contribution < -0.4 is 5.56 Å². The zero-order valence-corrected chi connectivity index (χ0v) is 11.2. The summed E-state index contributed by atoms with van der Waals surface area (Å²) < 4.78 is 5.08. The average Bonchev–Trinajstić information content (AvgIpc) is 2.36. The Bertz CT molecular complexity index is 689. The van der Waals surface area contributed by atoms with E-state index < -0.39 is 0 Å². The zero-order valence-electron chi connectivity index (χ0n) is 11.2. The first-order valence-corrected chi connectivity index (χ1v) is 6.17. The highest BCUT2D eigenvalue weighted by molar-refractivity contribution is 5.87. The molecule has 1 heterocycles. The average molecular weight is 260 g/mol. The normalized spacial score (nSPS) is 10.7. The molecular weight excluding hydrogens is 244 g/mol. The standard InChI is InChI=1S/C14H16N2O3/c1-4-12(17)19-7-11-10-6-8(2)5-9(3)13(10)14(18)16-15-11/h5-6H,4,7H2,1-3H3,(H,16,18). The molecule has 19 heavy (non-hydrogen) atoms. The summed E-state index contributed by atoms with van der Waals surface area (Å²) in [7, 11) is 0. The Morgan fingerprint density at radius 1 is 1.37 bits per heavy atom. The van der Waals surface area contributed by atoms with Crippen LogP contribution in [0.25, 0.3) is 10.8 Å². The van der Waals surface area contributed by atoms with Crippen LogP contribution in [0.15, 0.2) is 16.9 Å².